The maximum atomic E-state index is 5.96. The van der Waals surface area contributed by atoms with Crippen molar-refractivity contribution in [3.63, 3.8) is 0 Å². The van der Waals surface area contributed by atoms with Gasteiger partial charge >= 0.3 is 0 Å². The van der Waals surface area contributed by atoms with Crippen molar-refractivity contribution >= 4 is 31.9 Å². The molecule has 0 radical (unpaired) electrons. The van der Waals surface area contributed by atoms with E-state index in [1.54, 1.807) is 7.11 Å². The highest BCUT2D eigenvalue weighted by molar-refractivity contribution is 9.10. The summed E-state index contributed by atoms with van der Waals surface area (Å²) in [6.45, 7) is 0.617. The first-order valence-electron chi connectivity index (χ1n) is 6.42. The van der Waals surface area contributed by atoms with Crippen molar-refractivity contribution in [3.8, 4) is 5.75 Å². The second-order valence-electron chi connectivity index (χ2n) is 4.63. The molecular formula is C16H17Br2NO. The Balaban J connectivity index is 2.23. The lowest BCUT2D eigenvalue weighted by Crippen LogP contribution is -2.15. The summed E-state index contributed by atoms with van der Waals surface area (Å²) in [5.74, 6) is 1.14. The normalized spacial score (nSPS) is 12.2. The number of ether oxygens (including phenoxy) is 1. The fourth-order valence-corrected chi connectivity index (χ4v) is 3.44. The van der Waals surface area contributed by atoms with Crippen molar-refractivity contribution < 1.29 is 4.74 Å². The first kappa shape index (κ1) is 15.5. The van der Waals surface area contributed by atoms with E-state index in [1.807, 2.05) is 18.2 Å². The number of hydrogen-bond donors (Lipinski definition) is 1. The first-order chi connectivity index (χ1) is 9.65. The minimum Gasteiger partial charge on any atom is -0.496 e. The zero-order chi connectivity index (χ0) is 14.5. The van der Waals surface area contributed by atoms with E-state index in [0.29, 0.717) is 12.5 Å². The van der Waals surface area contributed by atoms with Crippen molar-refractivity contribution in [1.29, 1.82) is 0 Å². The predicted octanol–water partition coefficient (Wildman–Crippen LogP) is 4.51. The van der Waals surface area contributed by atoms with Crippen molar-refractivity contribution in [2.45, 2.75) is 12.3 Å². The molecule has 0 aromatic heterocycles. The van der Waals surface area contributed by atoms with Gasteiger partial charge in [0.2, 0.25) is 0 Å². The van der Waals surface area contributed by atoms with Gasteiger partial charge in [0.25, 0.3) is 0 Å². The van der Waals surface area contributed by atoms with Gasteiger partial charge in [0.05, 0.1) is 11.6 Å². The van der Waals surface area contributed by atoms with E-state index in [2.05, 4.69) is 56.1 Å². The third kappa shape index (κ3) is 3.62. The van der Waals surface area contributed by atoms with Gasteiger partial charge in [0, 0.05) is 10.4 Å². The van der Waals surface area contributed by atoms with E-state index < -0.39 is 0 Å². The van der Waals surface area contributed by atoms with Crippen molar-refractivity contribution in [2.75, 3.05) is 13.7 Å². The van der Waals surface area contributed by atoms with Crippen LogP contribution in [-0.4, -0.2) is 13.7 Å². The maximum absolute atomic E-state index is 5.96. The zero-order valence-electron chi connectivity index (χ0n) is 11.3. The Labute approximate surface area is 136 Å². The van der Waals surface area contributed by atoms with Crippen molar-refractivity contribution in [2.24, 2.45) is 5.73 Å². The summed E-state index contributed by atoms with van der Waals surface area (Å²) in [6, 6.07) is 14.4. The molecule has 0 amide bonds. The van der Waals surface area contributed by atoms with Gasteiger partial charge in [0.15, 0.2) is 0 Å². The average Bonchev–Trinajstić information content (AvgIpc) is 2.46. The molecule has 0 spiro atoms. The number of hydrogen-bond acceptors (Lipinski definition) is 2. The van der Waals surface area contributed by atoms with Crippen LogP contribution in [0.4, 0.5) is 0 Å². The molecule has 0 aliphatic heterocycles. The van der Waals surface area contributed by atoms with E-state index in [4.69, 9.17) is 10.5 Å². The van der Waals surface area contributed by atoms with E-state index in [0.717, 1.165) is 21.1 Å². The fourth-order valence-electron chi connectivity index (χ4n) is 2.25. The Hall–Kier alpha value is -0.840. The van der Waals surface area contributed by atoms with Crippen LogP contribution in [0.3, 0.4) is 0 Å². The van der Waals surface area contributed by atoms with E-state index >= 15 is 0 Å². The van der Waals surface area contributed by atoms with Crippen LogP contribution in [0.25, 0.3) is 0 Å². The highest BCUT2D eigenvalue weighted by atomic mass is 79.9. The van der Waals surface area contributed by atoms with Gasteiger partial charge in [0.1, 0.15) is 5.75 Å². The third-order valence-electron chi connectivity index (χ3n) is 3.33. The Bertz CT molecular complexity index is 586. The molecule has 0 fully saturated rings. The van der Waals surface area contributed by atoms with Gasteiger partial charge in [-0.05, 0) is 58.2 Å². The molecule has 4 heteroatoms. The van der Waals surface area contributed by atoms with Gasteiger partial charge < -0.3 is 10.5 Å². The van der Waals surface area contributed by atoms with Crippen LogP contribution in [-0.2, 0) is 6.42 Å². The molecule has 0 aliphatic carbocycles. The highest BCUT2D eigenvalue weighted by Crippen LogP contribution is 2.30. The number of halogens is 2. The molecule has 0 saturated carbocycles. The molecule has 1 unspecified atom stereocenters. The van der Waals surface area contributed by atoms with E-state index in [9.17, 15) is 0 Å². The van der Waals surface area contributed by atoms with E-state index in [1.165, 1.54) is 11.1 Å². The monoisotopic (exact) mass is 397 g/mol. The van der Waals surface area contributed by atoms with Gasteiger partial charge in [-0.25, -0.2) is 0 Å². The van der Waals surface area contributed by atoms with Crippen LogP contribution in [0.2, 0.25) is 0 Å². The lowest BCUT2D eigenvalue weighted by Gasteiger charge is -2.17. The van der Waals surface area contributed by atoms with Crippen LogP contribution >= 0.6 is 31.9 Å². The second kappa shape index (κ2) is 7.25. The zero-order valence-corrected chi connectivity index (χ0v) is 14.4. The summed E-state index contributed by atoms with van der Waals surface area (Å²) in [5.41, 5.74) is 8.45. The molecule has 2 aromatic rings. The molecule has 0 heterocycles. The van der Waals surface area contributed by atoms with Crippen LogP contribution in [0.15, 0.2) is 51.4 Å². The molecule has 20 heavy (non-hydrogen) atoms. The summed E-state index contributed by atoms with van der Waals surface area (Å²) in [6.07, 6.45) is 0.904. The van der Waals surface area contributed by atoms with Crippen LogP contribution < -0.4 is 10.5 Å². The molecule has 0 bridgehead atoms. The Morgan fingerprint density at radius 2 is 1.85 bits per heavy atom. The number of benzene rings is 2. The summed E-state index contributed by atoms with van der Waals surface area (Å²) >= 11 is 7.13. The van der Waals surface area contributed by atoms with E-state index in [-0.39, 0.29) is 0 Å². The maximum Gasteiger partial charge on any atom is 0.133 e. The molecule has 2 nitrogen and oxygen atoms in total. The topological polar surface area (TPSA) is 35.2 Å². The lowest BCUT2D eigenvalue weighted by atomic mass is 9.92. The average molecular weight is 399 g/mol. The van der Waals surface area contributed by atoms with Crippen LogP contribution in [0.5, 0.6) is 5.75 Å². The van der Waals surface area contributed by atoms with Crippen LogP contribution in [0.1, 0.15) is 17.0 Å². The molecule has 2 N–H and O–H groups in total. The predicted molar refractivity (Wildman–Crippen MR) is 90.3 cm³/mol. The summed E-state index contributed by atoms with van der Waals surface area (Å²) < 4.78 is 7.34. The van der Waals surface area contributed by atoms with Gasteiger partial charge in [-0.15, -0.1) is 0 Å². The summed E-state index contributed by atoms with van der Waals surface area (Å²) in [7, 11) is 1.67. The van der Waals surface area contributed by atoms with Gasteiger partial charge in [-0.2, -0.15) is 0 Å². The smallest absolute Gasteiger partial charge is 0.133 e. The SMILES string of the molecule is COc1ccc(CC(CN)c2ccccc2Br)cc1Br. The summed E-state index contributed by atoms with van der Waals surface area (Å²) in [4.78, 5) is 0. The van der Waals surface area contributed by atoms with Gasteiger partial charge in [-0.1, -0.05) is 40.2 Å². The molecular weight excluding hydrogens is 382 g/mol. The van der Waals surface area contributed by atoms with Gasteiger partial charge in [-0.3, -0.25) is 0 Å². The Kier molecular flexibility index (Phi) is 5.64. The second-order valence-corrected chi connectivity index (χ2v) is 6.34. The largest absolute Gasteiger partial charge is 0.496 e. The molecule has 106 valence electrons. The highest BCUT2D eigenvalue weighted by Gasteiger charge is 2.14. The molecule has 0 saturated heterocycles. The third-order valence-corrected chi connectivity index (χ3v) is 4.67. The lowest BCUT2D eigenvalue weighted by molar-refractivity contribution is 0.412. The standard InChI is InChI=1S/C16H17Br2NO/c1-20-16-7-6-11(9-15(16)18)8-12(10-19)13-4-2-3-5-14(13)17/h2-7,9,12H,8,10,19H2,1H3. The Morgan fingerprint density at radius 1 is 1.10 bits per heavy atom. The molecule has 2 rings (SSSR count). The molecule has 2 aromatic carbocycles. The number of nitrogens with two attached hydrogens (primary N) is 1. The number of rotatable bonds is 5. The summed E-state index contributed by atoms with van der Waals surface area (Å²) in [5, 5.41) is 0. The quantitative estimate of drug-likeness (QED) is 0.804. The fraction of sp³-hybridized carbons (Fsp3) is 0.250. The Morgan fingerprint density at radius 3 is 2.45 bits per heavy atom. The minimum absolute atomic E-state index is 0.297. The minimum atomic E-state index is 0.297. The molecule has 1 atom stereocenters. The van der Waals surface area contributed by atoms with Crippen LogP contribution in [0, 0.1) is 0 Å². The molecule has 0 aliphatic rings. The van der Waals surface area contributed by atoms with Crippen molar-refractivity contribution in [3.05, 3.63) is 62.5 Å². The first-order valence-corrected chi connectivity index (χ1v) is 8.01. The van der Waals surface area contributed by atoms with Crippen molar-refractivity contribution in [1.82, 2.24) is 0 Å². The number of methoxy groups -OCH3 is 1.